The van der Waals surface area contributed by atoms with E-state index in [0.29, 0.717) is 37.8 Å². The largest absolute Gasteiger partial charge is 0.463 e. The fourth-order valence-electron chi connectivity index (χ4n) is 2.14. The van der Waals surface area contributed by atoms with E-state index in [1.54, 1.807) is 23.2 Å². The molecule has 0 aliphatic carbocycles. The standard InChI is InChI=1S/C14H16N4O4/c19-13(16-17-5-8-21-9-6-17)10-18-14(20)4-3-11(15-18)12-2-1-7-22-12/h1-4,7H,5-6,8-10H2,(H,16,19). The minimum Gasteiger partial charge on any atom is -0.463 e. The van der Waals surface area contributed by atoms with E-state index >= 15 is 0 Å². The third-order valence-electron chi connectivity index (χ3n) is 3.23. The van der Waals surface area contributed by atoms with Gasteiger partial charge in [0.2, 0.25) is 0 Å². The second-order valence-electron chi connectivity index (χ2n) is 4.83. The number of carbonyl (C=O) groups excluding carboxylic acids is 1. The zero-order valence-corrected chi connectivity index (χ0v) is 11.9. The molecular formula is C14H16N4O4. The number of hydrogen-bond donors (Lipinski definition) is 1. The van der Waals surface area contributed by atoms with Crippen molar-refractivity contribution in [3.05, 3.63) is 40.9 Å². The second-order valence-corrected chi connectivity index (χ2v) is 4.83. The van der Waals surface area contributed by atoms with Gasteiger partial charge in [0.15, 0.2) is 5.76 Å². The predicted octanol–water partition coefficient (Wildman–Crippen LogP) is -0.133. The molecule has 1 amide bonds. The number of rotatable bonds is 4. The summed E-state index contributed by atoms with van der Waals surface area (Å²) in [6.45, 7) is 2.25. The lowest BCUT2D eigenvalue weighted by Gasteiger charge is -2.26. The van der Waals surface area contributed by atoms with Crippen LogP contribution in [-0.2, 0) is 16.1 Å². The Hall–Kier alpha value is -2.45. The molecule has 1 saturated heterocycles. The van der Waals surface area contributed by atoms with Gasteiger partial charge in [0.05, 0.1) is 19.5 Å². The maximum Gasteiger partial charge on any atom is 0.267 e. The zero-order valence-electron chi connectivity index (χ0n) is 11.9. The smallest absolute Gasteiger partial charge is 0.267 e. The Kier molecular flexibility index (Phi) is 4.31. The predicted molar refractivity (Wildman–Crippen MR) is 76.7 cm³/mol. The van der Waals surface area contributed by atoms with E-state index in [9.17, 15) is 9.59 Å². The second kappa shape index (κ2) is 6.54. The molecule has 3 heterocycles. The van der Waals surface area contributed by atoms with E-state index in [1.807, 2.05) is 0 Å². The molecule has 22 heavy (non-hydrogen) atoms. The fourth-order valence-corrected chi connectivity index (χ4v) is 2.14. The molecule has 0 bridgehead atoms. The van der Waals surface area contributed by atoms with Gasteiger partial charge in [-0.2, -0.15) is 5.10 Å². The number of carbonyl (C=O) groups is 1. The lowest BCUT2D eigenvalue weighted by atomic mass is 10.3. The molecule has 8 heteroatoms. The number of hydrogen-bond acceptors (Lipinski definition) is 6. The van der Waals surface area contributed by atoms with Crippen molar-refractivity contribution in [3.8, 4) is 11.5 Å². The number of hydrazine groups is 1. The van der Waals surface area contributed by atoms with Crippen molar-refractivity contribution >= 4 is 5.91 Å². The van der Waals surface area contributed by atoms with E-state index in [2.05, 4.69) is 10.5 Å². The van der Waals surface area contributed by atoms with E-state index in [0.717, 1.165) is 4.68 Å². The first-order valence-electron chi connectivity index (χ1n) is 6.96. The molecule has 1 aliphatic rings. The minimum absolute atomic E-state index is 0.148. The summed E-state index contributed by atoms with van der Waals surface area (Å²) in [5, 5.41) is 5.93. The third-order valence-corrected chi connectivity index (χ3v) is 3.23. The van der Waals surface area contributed by atoms with Gasteiger partial charge in [0, 0.05) is 19.2 Å². The number of furan rings is 1. The molecule has 2 aromatic heterocycles. The Morgan fingerprint density at radius 2 is 2.09 bits per heavy atom. The van der Waals surface area contributed by atoms with Crippen LogP contribution in [0.4, 0.5) is 0 Å². The molecule has 0 unspecified atom stereocenters. The maximum atomic E-state index is 12.0. The van der Waals surface area contributed by atoms with Crippen LogP contribution in [-0.4, -0.2) is 47.0 Å². The molecule has 8 nitrogen and oxygen atoms in total. The van der Waals surface area contributed by atoms with Crippen LogP contribution in [0.1, 0.15) is 0 Å². The molecule has 1 fully saturated rings. The molecule has 0 spiro atoms. The van der Waals surface area contributed by atoms with Gasteiger partial charge in [-0.3, -0.25) is 15.0 Å². The minimum atomic E-state index is -0.340. The molecule has 2 aromatic rings. The third kappa shape index (κ3) is 3.41. The van der Waals surface area contributed by atoms with Crippen molar-refractivity contribution in [2.75, 3.05) is 26.3 Å². The van der Waals surface area contributed by atoms with Crippen LogP contribution in [0.5, 0.6) is 0 Å². The molecule has 0 saturated carbocycles. The number of nitrogens with one attached hydrogen (secondary N) is 1. The SMILES string of the molecule is O=C(Cn1nc(-c2ccco2)ccc1=O)NN1CCOCC1. The molecule has 3 rings (SSSR count). The summed E-state index contributed by atoms with van der Waals surface area (Å²) in [7, 11) is 0. The van der Waals surface area contributed by atoms with Crippen LogP contribution in [0, 0.1) is 0 Å². The summed E-state index contributed by atoms with van der Waals surface area (Å²) in [6.07, 6.45) is 1.53. The molecule has 116 valence electrons. The Labute approximate surface area is 126 Å². The number of aromatic nitrogens is 2. The Bertz CT molecular complexity index is 689. The molecule has 0 radical (unpaired) electrons. The first kappa shape index (κ1) is 14.5. The summed E-state index contributed by atoms with van der Waals surface area (Å²) in [4.78, 5) is 23.8. The van der Waals surface area contributed by atoms with E-state index in [1.165, 1.54) is 12.3 Å². The van der Waals surface area contributed by atoms with Crippen molar-refractivity contribution in [3.63, 3.8) is 0 Å². The molecule has 1 N–H and O–H groups in total. The van der Waals surface area contributed by atoms with Crippen molar-refractivity contribution in [2.45, 2.75) is 6.54 Å². The van der Waals surface area contributed by atoms with Crippen molar-refractivity contribution in [1.82, 2.24) is 20.2 Å². The summed E-state index contributed by atoms with van der Waals surface area (Å²) in [6, 6.07) is 6.41. The molecule has 0 aromatic carbocycles. The maximum absolute atomic E-state index is 12.0. The van der Waals surface area contributed by atoms with Gasteiger partial charge < -0.3 is 9.15 Å². The van der Waals surface area contributed by atoms with Crippen molar-refractivity contribution in [2.24, 2.45) is 0 Å². The lowest BCUT2D eigenvalue weighted by molar-refractivity contribution is -0.128. The summed E-state index contributed by atoms with van der Waals surface area (Å²) in [5.41, 5.74) is 2.90. The molecule has 0 atom stereocenters. The van der Waals surface area contributed by atoms with Gasteiger partial charge in [0.1, 0.15) is 12.2 Å². The number of morpholine rings is 1. The van der Waals surface area contributed by atoms with Crippen LogP contribution in [0.25, 0.3) is 11.5 Å². The average Bonchev–Trinajstić information content (AvgIpc) is 3.05. The quantitative estimate of drug-likeness (QED) is 0.846. The number of nitrogens with zero attached hydrogens (tertiary/aromatic N) is 3. The summed E-state index contributed by atoms with van der Waals surface area (Å²) in [5.74, 6) is 0.246. The normalized spacial score (nSPS) is 15.6. The molecule has 1 aliphatic heterocycles. The Morgan fingerprint density at radius 1 is 1.27 bits per heavy atom. The number of ether oxygens (including phenoxy) is 1. The van der Waals surface area contributed by atoms with Gasteiger partial charge in [-0.1, -0.05) is 0 Å². The lowest BCUT2D eigenvalue weighted by Crippen LogP contribution is -2.49. The van der Waals surface area contributed by atoms with E-state index in [4.69, 9.17) is 9.15 Å². The summed E-state index contributed by atoms with van der Waals surface area (Å²) >= 11 is 0. The highest BCUT2D eigenvalue weighted by Gasteiger charge is 2.14. The Balaban J connectivity index is 1.70. The fraction of sp³-hybridized carbons (Fsp3) is 0.357. The Morgan fingerprint density at radius 3 is 2.82 bits per heavy atom. The monoisotopic (exact) mass is 304 g/mol. The first-order chi connectivity index (χ1) is 10.7. The highest BCUT2D eigenvalue weighted by Crippen LogP contribution is 2.14. The molecular weight excluding hydrogens is 288 g/mol. The number of amides is 1. The topological polar surface area (TPSA) is 89.6 Å². The van der Waals surface area contributed by atoms with Gasteiger partial charge >= 0.3 is 0 Å². The van der Waals surface area contributed by atoms with Gasteiger partial charge in [-0.25, -0.2) is 9.69 Å². The van der Waals surface area contributed by atoms with Gasteiger partial charge in [0.25, 0.3) is 11.5 Å². The van der Waals surface area contributed by atoms with Crippen LogP contribution >= 0.6 is 0 Å². The van der Waals surface area contributed by atoms with Crippen LogP contribution in [0.15, 0.2) is 39.7 Å². The van der Waals surface area contributed by atoms with E-state index in [-0.39, 0.29) is 18.0 Å². The first-order valence-corrected chi connectivity index (χ1v) is 6.96. The van der Waals surface area contributed by atoms with Gasteiger partial charge in [-0.05, 0) is 18.2 Å². The van der Waals surface area contributed by atoms with Crippen molar-refractivity contribution < 1.29 is 13.9 Å². The van der Waals surface area contributed by atoms with Crippen LogP contribution in [0.2, 0.25) is 0 Å². The highest BCUT2D eigenvalue weighted by atomic mass is 16.5. The zero-order chi connectivity index (χ0) is 15.4. The average molecular weight is 304 g/mol. The van der Waals surface area contributed by atoms with Crippen LogP contribution in [0.3, 0.4) is 0 Å². The summed E-state index contributed by atoms with van der Waals surface area (Å²) < 4.78 is 11.6. The van der Waals surface area contributed by atoms with Crippen molar-refractivity contribution in [1.29, 1.82) is 0 Å². The van der Waals surface area contributed by atoms with Gasteiger partial charge in [-0.15, -0.1) is 0 Å². The highest BCUT2D eigenvalue weighted by molar-refractivity contribution is 5.75. The van der Waals surface area contributed by atoms with E-state index < -0.39 is 0 Å². The van der Waals surface area contributed by atoms with Crippen LogP contribution < -0.4 is 11.0 Å².